The molecule has 14 heavy (non-hydrogen) atoms. The van der Waals surface area contributed by atoms with Crippen LogP contribution in [-0.4, -0.2) is 46.9 Å². The molecule has 0 aromatic heterocycles. The van der Waals surface area contributed by atoms with E-state index in [0.29, 0.717) is 13.0 Å². The Morgan fingerprint density at radius 1 is 1.57 bits per heavy atom. The number of carboxylic acids is 1. The van der Waals surface area contributed by atoms with E-state index in [9.17, 15) is 4.79 Å². The SMILES string of the molecule is CSC(CO)C(C)NCCCC(=O)O. The Morgan fingerprint density at radius 2 is 2.21 bits per heavy atom. The largest absolute Gasteiger partial charge is 0.481 e. The van der Waals surface area contributed by atoms with Gasteiger partial charge in [0.05, 0.1) is 6.61 Å². The molecule has 0 spiro atoms. The Labute approximate surface area is 89.1 Å². The van der Waals surface area contributed by atoms with Gasteiger partial charge in [-0.3, -0.25) is 4.79 Å². The summed E-state index contributed by atoms with van der Waals surface area (Å²) in [6.45, 7) is 2.83. The van der Waals surface area contributed by atoms with Gasteiger partial charge in [0.15, 0.2) is 0 Å². The van der Waals surface area contributed by atoms with Gasteiger partial charge >= 0.3 is 5.97 Å². The molecule has 2 atom stereocenters. The van der Waals surface area contributed by atoms with Crippen LogP contribution in [0.25, 0.3) is 0 Å². The predicted molar refractivity (Wildman–Crippen MR) is 58.7 cm³/mol. The van der Waals surface area contributed by atoms with Crippen molar-refractivity contribution in [2.24, 2.45) is 0 Å². The van der Waals surface area contributed by atoms with E-state index in [1.54, 1.807) is 11.8 Å². The molecule has 0 heterocycles. The summed E-state index contributed by atoms with van der Waals surface area (Å²) in [5, 5.41) is 20.8. The lowest BCUT2D eigenvalue weighted by molar-refractivity contribution is -0.137. The van der Waals surface area contributed by atoms with Crippen molar-refractivity contribution in [2.45, 2.75) is 31.1 Å². The second-order valence-corrected chi connectivity index (χ2v) is 4.27. The summed E-state index contributed by atoms with van der Waals surface area (Å²) in [5.74, 6) is -0.761. The fourth-order valence-corrected chi connectivity index (χ4v) is 1.79. The Hall–Kier alpha value is -0.260. The highest BCUT2D eigenvalue weighted by atomic mass is 32.2. The molecule has 5 heteroatoms. The molecule has 0 aromatic rings. The molecule has 0 saturated heterocycles. The van der Waals surface area contributed by atoms with Crippen molar-refractivity contribution in [3.8, 4) is 0 Å². The van der Waals surface area contributed by atoms with Gasteiger partial charge in [-0.25, -0.2) is 0 Å². The number of rotatable bonds is 8. The zero-order valence-electron chi connectivity index (χ0n) is 8.69. The first kappa shape index (κ1) is 13.7. The smallest absolute Gasteiger partial charge is 0.303 e. The summed E-state index contributed by atoms with van der Waals surface area (Å²) in [5.41, 5.74) is 0. The lowest BCUT2D eigenvalue weighted by Crippen LogP contribution is -2.38. The molecule has 0 aliphatic rings. The van der Waals surface area contributed by atoms with Crippen LogP contribution in [0.15, 0.2) is 0 Å². The van der Waals surface area contributed by atoms with Crippen LogP contribution < -0.4 is 5.32 Å². The van der Waals surface area contributed by atoms with Crippen molar-refractivity contribution in [3.05, 3.63) is 0 Å². The highest BCUT2D eigenvalue weighted by molar-refractivity contribution is 7.99. The minimum absolute atomic E-state index is 0.147. The number of nitrogens with one attached hydrogen (secondary N) is 1. The first-order valence-corrected chi connectivity index (χ1v) is 5.99. The molecule has 2 unspecified atom stereocenters. The maximum Gasteiger partial charge on any atom is 0.303 e. The topological polar surface area (TPSA) is 69.6 Å². The van der Waals surface area contributed by atoms with Gasteiger partial charge in [-0.15, -0.1) is 0 Å². The molecule has 0 aliphatic carbocycles. The van der Waals surface area contributed by atoms with Gasteiger partial charge in [0, 0.05) is 17.7 Å². The molecule has 3 N–H and O–H groups in total. The molecule has 0 aliphatic heterocycles. The maximum atomic E-state index is 10.2. The third kappa shape index (κ3) is 6.23. The monoisotopic (exact) mass is 221 g/mol. The van der Waals surface area contributed by atoms with Crippen molar-refractivity contribution < 1.29 is 15.0 Å². The van der Waals surface area contributed by atoms with E-state index in [1.165, 1.54) is 0 Å². The van der Waals surface area contributed by atoms with E-state index in [2.05, 4.69) is 5.32 Å². The quantitative estimate of drug-likeness (QED) is 0.522. The first-order chi connectivity index (χ1) is 6.61. The Kier molecular flexibility index (Phi) is 7.93. The van der Waals surface area contributed by atoms with E-state index in [1.807, 2.05) is 13.2 Å². The van der Waals surface area contributed by atoms with Gasteiger partial charge in [0.1, 0.15) is 0 Å². The van der Waals surface area contributed by atoms with Gasteiger partial charge in [-0.2, -0.15) is 11.8 Å². The highest BCUT2D eigenvalue weighted by Crippen LogP contribution is 2.09. The van der Waals surface area contributed by atoms with E-state index < -0.39 is 5.97 Å². The zero-order valence-corrected chi connectivity index (χ0v) is 9.51. The number of carbonyl (C=O) groups is 1. The predicted octanol–water partition coefficient (Wildman–Crippen LogP) is 0.553. The number of hydrogen-bond acceptors (Lipinski definition) is 4. The number of carboxylic acid groups (broad SMARTS) is 1. The summed E-state index contributed by atoms with van der Waals surface area (Å²) < 4.78 is 0. The molecule has 0 aromatic carbocycles. The van der Waals surface area contributed by atoms with Crippen LogP contribution in [0.5, 0.6) is 0 Å². The summed E-state index contributed by atoms with van der Waals surface area (Å²) in [6, 6.07) is 0.212. The van der Waals surface area contributed by atoms with Crippen LogP contribution in [-0.2, 0) is 4.79 Å². The van der Waals surface area contributed by atoms with Crippen LogP contribution in [0, 0.1) is 0 Å². The van der Waals surface area contributed by atoms with Crippen molar-refractivity contribution in [1.29, 1.82) is 0 Å². The molecule has 0 fully saturated rings. The van der Waals surface area contributed by atoms with Gasteiger partial charge in [0.25, 0.3) is 0 Å². The maximum absolute atomic E-state index is 10.2. The number of aliphatic hydroxyl groups is 1. The highest BCUT2D eigenvalue weighted by Gasteiger charge is 2.13. The van der Waals surface area contributed by atoms with Crippen LogP contribution in [0.1, 0.15) is 19.8 Å². The van der Waals surface area contributed by atoms with Crippen LogP contribution in [0.4, 0.5) is 0 Å². The van der Waals surface area contributed by atoms with Crippen LogP contribution >= 0.6 is 11.8 Å². The summed E-state index contributed by atoms with van der Waals surface area (Å²) >= 11 is 1.61. The van der Waals surface area contributed by atoms with E-state index in [0.717, 1.165) is 0 Å². The normalized spacial score (nSPS) is 15.1. The summed E-state index contributed by atoms with van der Waals surface area (Å²) in [6.07, 6.45) is 2.78. The second kappa shape index (κ2) is 8.08. The van der Waals surface area contributed by atoms with Gasteiger partial charge in [0.2, 0.25) is 0 Å². The number of aliphatic hydroxyl groups excluding tert-OH is 1. The zero-order chi connectivity index (χ0) is 11.0. The van der Waals surface area contributed by atoms with E-state index in [4.69, 9.17) is 10.2 Å². The fraction of sp³-hybridized carbons (Fsp3) is 0.889. The lowest BCUT2D eigenvalue weighted by Gasteiger charge is -2.21. The summed E-state index contributed by atoms with van der Waals surface area (Å²) in [4.78, 5) is 10.2. The van der Waals surface area contributed by atoms with Crippen molar-refractivity contribution in [2.75, 3.05) is 19.4 Å². The molecule has 84 valence electrons. The van der Waals surface area contributed by atoms with Gasteiger partial charge < -0.3 is 15.5 Å². The Morgan fingerprint density at radius 3 is 2.64 bits per heavy atom. The van der Waals surface area contributed by atoms with Gasteiger partial charge in [-0.1, -0.05) is 0 Å². The standard InChI is InChI=1S/C9H19NO3S/c1-7(8(6-11)14-2)10-5-3-4-9(12)13/h7-8,10-11H,3-6H2,1-2H3,(H,12,13). The number of hydrogen-bond donors (Lipinski definition) is 3. The Balaban J connectivity index is 3.51. The van der Waals surface area contributed by atoms with Crippen LogP contribution in [0.2, 0.25) is 0 Å². The number of thioether (sulfide) groups is 1. The minimum atomic E-state index is -0.761. The average molecular weight is 221 g/mol. The van der Waals surface area contributed by atoms with Crippen LogP contribution in [0.3, 0.4) is 0 Å². The molecular weight excluding hydrogens is 202 g/mol. The Bertz CT molecular complexity index is 162. The molecular formula is C9H19NO3S. The molecule has 0 saturated carbocycles. The molecule has 4 nitrogen and oxygen atoms in total. The third-order valence-electron chi connectivity index (χ3n) is 2.07. The lowest BCUT2D eigenvalue weighted by atomic mass is 10.2. The molecule has 0 amide bonds. The average Bonchev–Trinajstić information content (AvgIpc) is 2.14. The fourth-order valence-electron chi connectivity index (χ4n) is 1.14. The van der Waals surface area contributed by atoms with Gasteiger partial charge in [-0.05, 0) is 26.1 Å². The minimum Gasteiger partial charge on any atom is -0.481 e. The molecule has 0 bridgehead atoms. The summed E-state index contributed by atoms with van der Waals surface area (Å²) in [7, 11) is 0. The molecule has 0 radical (unpaired) electrons. The second-order valence-electron chi connectivity index (χ2n) is 3.20. The number of aliphatic carboxylic acids is 1. The molecule has 0 rings (SSSR count). The first-order valence-electron chi connectivity index (χ1n) is 4.70. The van der Waals surface area contributed by atoms with E-state index in [-0.39, 0.29) is 24.3 Å². The van der Waals surface area contributed by atoms with Crippen molar-refractivity contribution >= 4 is 17.7 Å². The van der Waals surface area contributed by atoms with Crippen molar-refractivity contribution in [1.82, 2.24) is 5.32 Å². The van der Waals surface area contributed by atoms with E-state index >= 15 is 0 Å². The van der Waals surface area contributed by atoms with Crippen molar-refractivity contribution in [3.63, 3.8) is 0 Å². The third-order valence-corrected chi connectivity index (χ3v) is 3.24.